The highest BCUT2D eigenvalue weighted by Gasteiger charge is 2.27. The lowest BCUT2D eigenvalue weighted by molar-refractivity contribution is -0.116. The van der Waals surface area contributed by atoms with Gasteiger partial charge in [-0.1, -0.05) is 25.1 Å². The molecule has 1 aromatic carbocycles. The second-order valence-electron chi connectivity index (χ2n) is 5.26. The summed E-state index contributed by atoms with van der Waals surface area (Å²) in [6.07, 6.45) is 0.628. The van der Waals surface area contributed by atoms with Crippen molar-refractivity contribution in [2.45, 2.75) is 24.5 Å². The van der Waals surface area contributed by atoms with Crippen molar-refractivity contribution in [2.75, 3.05) is 18.4 Å². The van der Waals surface area contributed by atoms with E-state index in [1.807, 2.05) is 32.0 Å². The summed E-state index contributed by atoms with van der Waals surface area (Å²) >= 11 is 4.41. The van der Waals surface area contributed by atoms with Crippen molar-refractivity contribution in [2.24, 2.45) is 0 Å². The molecule has 0 bridgehead atoms. The second-order valence-corrected chi connectivity index (χ2v) is 9.89. The first-order valence-corrected chi connectivity index (χ1v) is 10.5. The zero-order valence-electron chi connectivity index (χ0n) is 13.5. The Morgan fingerprint density at radius 3 is 2.54 bits per heavy atom. The van der Waals surface area contributed by atoms with Gasteiger partial charge in [-0.2, -0.15) is 4.31 Å². The first kappa shape index (κ1) is 19.1. The highest BCUT2D eigenvalue weighted by Crippen LogP contribution is 2.28. The molecular weight excluding hydrogens is 412 g/mol. The molecule has 24 heavy (non-hydrogen) atoms. The van der Waals surface area contributed by atoms with Crippen molar-refractivity contribution < 1.29 is 13.2 Å². The van der Waals surface area contributed by atoms with E-state index >= 15 is 0 Å². The first-order valence-electron chi connectivity index (χ1n) is 7.45. The smallest absolute Gasteiger partial charge is 0.253 e. The molecule has 2 aromatic rings. The number of para-hydroxylation sites is 1. The summed E-state index contributed by atoms with van der Waals surface area (Å²) in [7, 11) is -3.68. The van der Waals surface area contributed by atoms with E-state index < -0.39 is 10.0 Å². The normalized spacial score (nSPS) is 11.7. The van der Waals surface area contributed by atoms with Crippen molar-refractivity contribution in [3.8, 4) is 0 Å². The van der Waals surface area contributed by atoms with Gasteiger partial charge < -0.3 is 5.32 Å². The Morgan fingerprint density at radius 2 is 1.96 bits per heavy atom. The van der Waals surface area contributed by atoms with Gasteiger partial charge in [-0.15, -0.1) is 11.3 Å². The molecule has 0 saturated carbocycles. The maximum atomic E-state index is 12.7. The number of hydrogen-bond donors (Lipinski definition) is 1. The standard InChI is InChI=1S/C16H19BrN2O3S2/c1-3-10-19(24(21,22)16-9-8-14(17)23-16)11-15(20)18-13-7-5-4-6-12(13)2/h4-9H,3,10-11H2,1-2H3,(H,18,20). The Balaban J connectivity index is 2.16. The summed E-state index contributed by atoms with van der Waals surface area (Å²) in [5, 5.41) is 2.78. The number of nitrogens with zero attached hydrogens (tertiary/aromatic N) is 1. The topological polar surface area (TPSA) is 66.5 Å². The second kappa shape index (κ2) is 8.24. The number of hydrogen-bond acceptors (Lipinski definition) is 4. The summed E-state index contributed by atoms with van der Waals surface area (Å²) < 4.78 is 27.6. The Hall–Kier alpha value is -1.22. The van der Waals surface area contributed by atoms with E-state index in [2.05, 4.69) is 21.2 Å². The number of anilines is 1. The van der Waals surface area contributed by atoms with Crippen molar-refractivity contribution in [3.05, 3.63) is 45.7 Å². The largest absolute Gasteiger partial charge is 0.325 e. The van der Waals surface area contributed by atoms with E-state index in [4.69, 9.17) is 0 Å². The molecule has 1 heterocycles. The van der Waals surface area contributed by atoms with E-state index in [9.17, 15) is 13.2 Å². The molecule has 1 N–H and O–H groups in total. The van der Waals surface area contributed by atoms with E-state index in [0.29, 0.717) is 18.7 Å². The van der Waals surface area contributed by atoms with Gasteiger partial charge >= 0.3 is 0 Å². The van der Waals surface area contributed by atoms with Crippen molar-refractivity contribution in [3.63, 3.8) is 0 Å². The van der Waals surface area contributed by atoms with E-state index in [1.54, 1.807) is 18.2 Å². The van der Waals surface area contributed by atoms with Crippen molar-refractivity contribution >= 4 is 48.9 Å². The lowest BCUT2D eigenvalue weighted by Gasteiger charge is -2.20. The van der Waals surface area contributed by atoms with Gasteiger partial charge in [-0.3, -0.25) is 4.79 Å². The number of carbonyl (C=O) groups is 1. The summed E-state index contributed by atoms with van der Waals surface area (Å²) in [6.45, 7) is 3.85. The molecule has 0 atom stereocenters. The highest BCUT2D eigenvalue weighted by molar-refractivity contribution is 9.11. The van der Waals surface area contributed by atoms with Crippen LogP contribution in [0.1, 0.15) is 18.9 Å². The van der Waals surface area contributed by atoms with Crippen molar-refractivity contribution in [1.29, 1.82) is 0 Å². The Morgan fingerprint density at radius 1 is 1.25 bits per heavy atom. The molecule has 1 aromatic heterocycles. The van der Waals surface area contributed by atoms with Crippen LogP contribution in [0.4, 0.5) is 5.69 Å². The number of halogens is 1. The summed E-state index contributed by atoms with van der Waals surface area (Å²) in [5.74, 6) is -0.350. The fraction of sp³-hybridized carbons (Fsp3) is 0.312. The van der Waals surface area contributed by atoms with Gasteiger partial charge in [-0.05, 0) is 53.0 Å². The highest BCUT2D eigenvalue weighted by atomic mass is 79.9. The minimum atomic E-state index is -3.68. The van der Waals surface area contributed by atoms with Crippen LogP contribution in [-0.2, 0) is 14.8 Å². The fourth-order valence-corrected chi connectivity index (χ4v) is 5.81. The molecule has 0 aliphatic rings. The predicted octanol–water partition coefficient (Wildman–Crippen LogP) is 3.86. The number of carbonyl (C=O) groups excluding carboxylic acids is 1. The monoisotopic (exact) mass is 430 g/mol. The first-order chi connectivity index (χ1) is 11.3. The van der Waals surface area contributed by atoms with E-state index in [0.717, 1.165) is 20.7 Å². The molecule has 2 rings (SSSR count). The van der Waals surface area contributed by atoms with Crippen LogP contribution in [0.25, 0.3) is 0 Å². The quantitative estimate of drug-likeness (QED) is 0.724. The number of thiophene rings is 1. The van der Waals surface area contributed by atoms with Crippen LogP contribution in [-0.4, -0.2) is 31.7 Å². The number of rotatable bonds is 7. The third-order valence-corrected chi connectivity index (χ3v) is 7.29. The summed E-state index contributed by atoms with van der Waals surface area (Å²) in [6, 6.07) is 10.6. The van der Waals surface area contributed by atoms with Crippen LogP contribution in [0.5, 0.6) is 0 Å². The number of amides is 1. The predicted molar refractivity (Wildman–Crippen MR) is 101 cm³/mol. The molecule has 8 heteroatoms. The van der Waals surface area contributed by atoms with Crippen LogP contribution in [0.2, 0.25) is 0 Å². The Bertz CT molecular complexity index is 818. The SMILES string of the molecule is CCCN(CC(=O)Nc1ccccc1C)S(=O)(=O)c1ccc(Br)s1. The van der Waals surface area contributed by atoms with E-state index in [1.165, 1.54) is 4.31 Å². The van der Waals surface area contributed by atoms with Crippen molar-refractivity contribution in [1.82, 2.24) is 4.31 Å². The van der Waals surface area contributed by atoms with Gasteiger partial charge in [0.15, 0.2) is 0 Å². The van der Waals surface area contributed by atoms with Crippen LogP contribution in [0.3, 0.4) is 0 Å². The van der Waals surface area contributed by atoms with E-state index in [-0.39, 0.29) is 16.7 Å². The molecule has 0 saturated heterocycles. The number of benzene rings is 1. The molecule has 0 fully saturated rings. The average Bonchev–Trinajstić information content (AvgIpc) is 2.96. The fourth-order valence-electron chi connectivity index (χ4n) is 2.16. The Kier molecular flexibility index (Phi) is 6.56. The van der Waals surface area contributed by atoms with Gasteiger partial charge in [-0.25, -0.2) is 8.42 Å². The molecule has 1 amide bonds. The third kappa shape index (κ3) is 4.66. The Labute approximate surface area is 154 Å². The van der Waals surface area contributed by atoms with Crippen LogP contribution in [0.15, 0.2) is 44.4 Å². The number of aryl methyl sites for hydroxylation is 1. The van der Waals surface area contributed by atoms with Crippen LogP contribution >= 0.6 is 27.3 Å². The van der Waals surface area contributed by atoms with Crippen LogP contribution in [0, 0.1) is 6.92 Å². The molecule has 130 valence electrons. The molecule has 0 radical (unpaired) electrons. The maximum absolute atomic E-state index is 12.7. The zero-order valence-corrected chi connectivity index (χ0v) is 16.7. The maximum Gasteiger partial charge on any atom is 0.253 e. The summed E-state index contributed by atoms with van der Waals surface area (Å²) in [4.78, 5) is 12.3. The van der Waals surface area contributed by atoms with Gasteiger partial charge in [0, 0.05) is 12.2 Å². The lowest BCUT2D eigenvalue weighted by Crippen LogP contribution is -2.38. The number of sulfonamides is 1. The van der Waals surface area contributed by atoms with Gasteiger partial charge in [0.1, 0.15) is 4.21 Å². The van der Waals surface area contributed by atoms with Gasteiger partial charge in [0.05, 0.1) is 10.3 Å². The molecule has 0 aliphatic carbocycles. The molecular formula is C16H19BrN2O3S2. The molecule has 0 spiro atoms. The van der Waals surface area contributed by atoms with Gasteiger partial charge in [0.2, 0.25) is 5.91 Å². The minimum absolute atomic E-state index is 0.208. The average molecular weight is 431 g/mol. The third-order valence-electron chi connectivity index (χ3n) is 3.35. The number of nitrogens with one attached hydrogen (secondary N) is 1. The molecule has 0 unspecified atom stereocenters. The van der Waals surface area contributed by atoms with Crippen LogP contribution < -0.4 is 5.32 Å². The molecule has 0 aliphatic heterocycles. The zero-order chi connectivity index (χ0) is 17.7. The summed E-state index contributed by atoms with van der Waals surface area (Å²) in [5.41, 5.74) is 1.62. The molecule has 5 nitrogen and oxygen atoms in total. The lowest BCUT2D eigenvalue weighted by atomic mass is 10.2. The minimum Gasteiger partial charge on any atom is -0.325 e. The van der Waals surface area contributed by atoms with Gasteiger partial charge in [0.25, 0.3) is 10.0 Å².